The van der Waals surface area contributed by atoms with Crippen LogP contribution >= 0.6 is 11.6 Å². The molecule has 6 nitrogen and oxygen atoms in total. The largest absolute Gasteiger partial charge is 0.489 e. The summed E-state index contributed by atoms with van der Waals surface area (Å²) in [4.78, 5) is 18.8. The number of nitrogens with two attached hydrogens (primary N) is 1. The lowest BCUT2D eigenvalue weighted by atomic mass is 10.1. The van der Waals surface area contributed by atoms with Gasteiger partial charge in [0.05, 0.1) is 5.70 Å². The first kappa shape index (κ1) is 22.1. The molecular weight excluding hydrogens is 424 g/mol. The normalized spacial score (nSPS) is 18.7. The van der Waals surface area contributed by atoms with E-state index in [1.165, 1.54) is 18.4 Å². The van der Waals surface area contributed by atoms with Gasteiger partial charge in [0, 0.05) is 29.2 Å². The first-order chi connectivity index (χ1) is 15.4. The third-order valence-corrected chi connectivity index (χ3v) is 6.01. The maximum atomic E-state index is 12.7. The van der Waals surface area contributed by atoms with E-state index in [-0.39, 0.29) is 12.1 Å². The van der Waals surface area contributed by atoms with Crippen LogP contribution in [-0.2, 0) is 6.61 Å². The van der Waals surface area contributed by atoms with Crippen molar-refractivity contribution in [1.82, 2.24) is 15.2 Å². The van der Waals surface area contributed by atoms with Gasteiger partial charge in [-0.25, -0.2) is 4.98 Å². The Morgan fingerprint density at radius 3 is 2.62 bits per heavy atom. The molecule has 0 bridgehead atoms. The van der Waals surface area contributed by atoms with E-state index in [0.29, 0.717) is 34.7 Å². The van der Waals surface area contributed by atoms with Crippen LogP contribution in [0.5, 0.6) is 5.75 Å². The molecule has 1 atom stereocenters. The zero-order valence-electron chi connectivity index (χ0n) is 18.2. The number of pyridine rings is 1. The van der Waals surface area contributed by atoms with Crippen molar-refractivity contribution in [2.24, 2.45) is 11.7 Å². The summed E-state index contributed by atoms with van der Waals surface area (Å²) < 4.78 is 5.75. The van der Waals surface area contributed by atoms with E-state index < -0.39 is 0 Å². The lowest BCUT2D eigenvalue weighted by Crippen LogP contribution is -2.39. The van der Waals surface area contributed by atoms with E-state index in [0.717, 1.165) is 11.3 Å². The maximum absolute atomic E-state index is 12.7. The van der Waals surface area contributed by atoms with Crippen molar-refractivity contribution in [1.29, 1.82) is 0 Å². The fourth-order valence-corrected chi connectivity index (χ4v) is 3.66. The Morgan fingerprint density at radius 2 is 1.97 bits per heavy atom. The third kappa shape index (κ3) is 5.39. The van der Waals surface area contributed by atoms with Gasteiger partial charge in [0.1, 0.15) is 23.7 Å². The van der Waals surface area contributed by atoms with E-state index >= 15 is 0 Å². The molecule has 1 aliphatic carbocycles. The molecule has 1 amide bonds. The highest BCUT2D eigenvalue weighted by Crippen LogP contribution is 2.38. The lowest BCUT2D eigenvalue weighted by Gasteiger charge is -2.31. The number of carbonyl (C=O) groups is 1. The zero-order valence-corrected chi connectivity index (χ0v) is 19.0. The molecule has 1 aromatic carbocycles. The van der Waals surface area contributed by atoms with Crippen LogP contribution in [0.3, 0.4) is 0 Å². The summed E-state index contributed by atoms with van der Waals surface area (Å²) in [6.45, 7) is 4.62. The summed E-state index contributed by atoms with van der Waals surface area (Å²) >= 11 is 5.80. The number of amides is 1. The van der Waals surface area contributed by atoms with Gasteiger partial charge in [-0.1, -0.05) is 23.2 Å². The van der Waals surface area contributed by atoms with Gasteiger partial charge in [-0.3, -0.25) is 4.79 Å². The lowest BCUT2D eigenvalue weighted by molar-refractivity contribution is 0.0966. The van der Waals surface area contributed by atoms with Crippen LogP contribution in [0.1, 0.15) is 42.6 Å². The van der Waals surface area contributed by atoms with Crippen molar-refractivity contribution in [2.75, 3.05) is 0 Å². The van der Waals surface area contributed by atoms with Gasteiger partial charge in [0.25, 0.3) is 5.91 Å². The second-order valence-electron chi connectivity index (χ2n) is 8.14. The minimum atomic E-state index is -0.239. The molecular formula is C25H27ClN4O2. The minimum absolute atomic E-state index is 0.190. The Balaban J connectivity index is 1.37. The average molecular weight is 451 g/mol. The smallest absolute Gasteiger partial charge is 0.255 e. The molecule has 4 rings (SSSR count). The number of nitrogens with one attached hydrogen (secondary N) is 1. The van der Waals surface area contributed by atoms with Crippen molar-refractivity contribution in [3.05, 3.63) is 94.2 Å². The number of carbonyl (C=O) groups excluding carboxylic acids is 1. The molecule has 1 aromatic heterocycles. The highest BCUT2D eigenvalue weighted by Gasteiger charge is 2.27. The monoisotopic (exact) mass is 450 g/mol. The Hall–Kier alpha value is -3.09. The van der Waals surface area contributed by atoms with Gasteiger partial charge in [0.2, 0.25) is 0 Å². The van der Waals surface area contributed by atoms with Gasteiger partial charge >= 0.3 is 0 Å². The van der Waals surface area contributed by atoms with E-state index in [1.807, 2.05) is 29.3 Å². The number of hydrogen-bond donors (Lipinski definition) is 2. The number of hydrogen-bond acceptors (Lipinski definition) is 5. The Kier molecular flexibility index (Phi) is 6.63. The first-order valence-electron chi connectivity index (χ1n) is 10.7. The summed E-state index contributed by atoms with van der Waals surface area (Å²) in [5.74, 6) is 1.14. The van der Waals surface area contributed by atoms with Crippen LogP contribution in [0.4, 0.5) is 0 Å². The van der Waals surface area contributed by atoms with E-state index in [4.69, 9.17) is 22.1 Å². The average Bonchev–Trinajstić information content (AvgIpc) is 3.65. The highest BCUT2D eigenvalue weighted by molar-refractivity contribution is 6.29. The number of benzene rings is 1. The fourth-order valence-electron chi connectivity index (χ4n) is 3.55. The summed E-state index contributed by atoms with van der Waals surface area (Å²) in [7, 11) is 0. The summed E-state index contributed by atoms with van der Waals surface area (Å²) in [6.07, 6.45) is 9.56. The van der Waals surface area contributed by atoms with Crippen molar-refractivity contribution >= 4 is 17.5 Å². The van der Waals surface area contributed by atoms with Crippen LogP contribution in [0.15, 0.2) is 77.9 Å². The predicted molar refractivity (Wildman–Crippen MR) is 126 cm³/mol. The van der Waals surface area contributed by atoms with Gasteiger partial charge in [-0.15, -0.1) is 0 Å². The topological polar surface area (TPSA) is 80.5 Å². The second-order valence-corrected chi connectivity index (χ2v) is 8.53. The fraction of sp³-hybridized carbons (Fsp3) is 0.280. The molecule has 1 unspecified atom stereocenters. The molecule has 2 aliphatic rings. The number of allylic oxidation sites excluding steroid dienone is 3. The molecule has 1 saturated carbocycles. The Bertz CT molecular complexity index is 1070. The van der Waals surface area contributed by atoms with Crippen LogP contribution in [0, 0.1) is 5.92 Å². The summed E-state index contributed by atoms with van der Waals surface area (Å²) in [6, 6.07) is 10.6. The quantitative estimate of drug-likeness (QED) is 0.595. The van der Waals surface area contributed by atoms with Crippen LogP contribution < -0.4 is 15.8 Å². The predicted octanol–water partition coefficient (Wildman–Crippen LogP) is 4.75. The molecule has 0 saturated heterocycles. The SMILES string of the molecule is C/C(=C(/C)N1C=C(NC(=O)c2ccc(OCc3ccc(Cl)nc3)cc2)C=CC1N)C1CC1. The van der Waals surface area contributed by atoms with E-state index in [1.54, 1.807) is 36.5 Å². The molecule has 3 N–H and O–H groups in total. The number of nitrogens with zero attached hydrogens (tertiary/aromatic N) is 2. The van der Waals surface area contributed by atoms with Crippen LogP contribution in [0.2, 0.25) is 5.15 Å². The molecule has 0 radical (unpaired) electrons. The van der Waals surface area contributed by atoms with Crippen LogP contribution in [-0.4, -0.2) is 22.0 Å². The molecule has 0 spiro atoms. The maximum Gasteiger partial charge on any atom is 0.255 e. The van der Waals surface area contributed by atoms with Gasteiger partial charge in [0.15, 0.2) is 0 Å². The Morgan fingerprint density at radius 1 is 1.22 bits per heavy atom. The first-order valence-corrected chi connectivity index (χ1v) is 11.0. The number of ether oxygens (including phenoxy) is 1. The minimum Gasteiger partial charge on any atom is -0.489 e. The van der Waals surface area contributed by atoms with E-state index in [2.05, 4.69) is 24.1 Å². The Labute approximate surface area is 193 Å². The van der Waals surface area contributed by atoms with Gasteiger partial charge in [-0.05, 0) is 75.1 Å². The molecule has 2 heterocycles. The molecule has 2 aromatic rings. The summed E-state index contributed by atoms with van der Waals surface area (Å²) in [5, 5.41) is 3.41. The van der Waals surface area contributed by atoms with E-state index in [9.17, 15) is 4.79 Å². The number of rotatable bonds is 7. The van der Waals surface area contributed by atoms with Crippen molar-refractivity contribution < 1.29 is 9.53 Å². The van der Waals surface area contributed by atoms with Gasteiger partial charge < -0.3 is 20.7 Å². The second kappa shape index (κ2) is 9.59. The molecule has 1 aliphatic heterocycles. The van der Waals surface area contributed by atoms with Crippen molar-refractivity contribution in [3.8, 4) is 5.75 Å². The number of aromatic nitrogens is 1. The molecule has 7 heteroatoms. The van der Waals surface area contributed by atoms with Crippen LogP contribution in [0.25, 0.3) is 0 Å². The standard InChI is InChI=1S/C25H27ClN4O2/c1-16(19-4-5-19)17(2)30-14-21(8-12-24(30)27)29-25(31)20-6-9-22(10-7-20)32-15-18-3-11-23(26)28-13-18/h3,6-14,19,24H,4-5,15,27H2,1-2H3,(H,29,31)/b17-16+. The zero-order chi connectivity index (χ0) is 22.7. The molecule has 32 heavy (non-hydrogen) atoms. The third-order valence-electron chi connectivity index (χ3n) is 5.79. The molecule has 1 fully saturated rings. The van der Waals surface area contributed by atoms with Crippen molar-refractivity contribution in [2.45, 2.75) is 39.5 Å². The number of halogens is 1. The summed E-state index contributed by atoms with van der Waals surface area (Å²) in [5.41, 5.74) is 10.9. The van der Waals surface area contributed by atoms with Gasteiger partial charge in [-0.2, -0.15) is 0 Å². The van der Waals surface area contributed by atoms with Crippen molar-refractivity contribution in [3.63, 3.8) is 0 Å². The molecule has 166 valence electrons. The highest BCUT2D eigenvalue weighted by atomic mass is 35.5.